The Kier molecular flexibility index (Phi) is 16.0. The molecule has 12 heteroatoms. The number of benzene rings is 1. The SMILES string of the molecule is CCC(C)[C@@H](C=O)NC(=O)[C@H](C)NC(=O)CNC(=O)[C@H](Cc1ccccc1)NC(=O)OCCOCCCO. The fourth-order valence-corrected chi connectivity index (χ4v) is 3.21. The van der Waals surface area contributed by atoms with Crippen LogP contribution in [-0.2, 0) is 35.1 Å². The van der Waals surface area contributed by atoms with E-state index in [9.17, 15) is 24.0 Å². The Balaban J connectivity index is 2.62. The first kappa shape index (κ1) is 32.5. The molecule has 0 saturated carbocycles. The standard InChI is InChI=1S/C26H40N4O8/c1-4-18(2)22(17-32)29-24(34)19(3)28-23(33)16-27-25(35)21(15-20-9-6-5-7-10-20)30-26(36)38-14-13-37-12-8-11-31/h5-7,9-10,17-19,21-22,31H,4,8,11-16H2,1-3H3,(H,27,35)(H,28,33)(H,29,34)(H,30,36)/t18?,19-,21-,22+/m0/s1. The molecule has 0 saturated heterocycles. The van der Waals surface area contributed by atoms with Gasteiger partial charge < -0.3 is 40.6 Å². The van der Waals surface area contributed by atoms with Crippen molar-refractivity contribution in [3.63, 3.8) is 0 Å². The van der Waals surface area contributed by atoms with E-state index in [0.29, 0.717) is 25.7 Å². The van der Waals surface area contributed by atoms with Gasteiger partial charge in [0.2, 0.25) is 17.7 Å². The lowest BCUT2D eigenvalue weighted by Gasteiger charge is -2.22. The van der Waals surface area contributed by atoms with Gasteiger partial charge >= 0.3 is 6.09 Å². The Morgan fingerprint density at radius 2 is 1.68 bits per heavy atom. The third-order valence-corrected chi connectivity index (χ3v) is 5.71. The zero-order valence-corrected chi connectivity index (χ0v) is 22.2. The number of nitrogens with one attached hydrogen (secondary N) is 4. The third kappa shape index (κ3) is 13.2. The molecule has 1 unspecified atom stereocenters. The zero-order chi connectivity index (χ0) is 28.3. The number of aliphatic hydroxyl groups excluding tert-OH is 1. The molecule has 5 N–H and O–H groups in total. The van der Waals surface area contributed by atoms with Gasteiger partial charge in [0.15, 0.2) is 0 Å². The molecule has 4 amide bonds. The predicted molar refractivity (Wildman–Crippen MR) is 139 cm³/mol. The molecule has 0 spiro atoms. The molecule has 4 atom stereocenters. The summed E-state index contributed by atoms with van der Waals surface area (Å²) in [6.07, 6.45) is 1.15. The molecule has 1 aromatic rings. The van der Waals surface area contributed by atoms with E-state index in [2.05, 4.69) is 21.3 Å². The lowest BCUT2D eigenvalue weighted by Crippen LogP contribution is -2.53. The van der Waals surface area contributed by atoms with Gasteiger partial charge in [0, 0.05) is 19.6 Å². The maximum absolute atomic E-state index is 12.8. The van der Waals surface area contributed by atoms with Crippen molar-refractivity contribution in [2.24, 2.45) is 5.92 Å². The molecule has 0 heterocycles. The van der Waals surface area contributed by atoms with Crippen LogP contribution in [0.15, 0.2) is 30.3 Å². The van der Waals surface area contributed by atoms with E-state index in [1.165, 1.54) is 6.92 Å². The minimum atomic E-state index is -1.03. The van der Waals surface area contributed by atoms with Crippen LogP contribution in [0.2, 0.25) is 0 Å². The number of amides is 4. The number of ether oxygens (including phenoxy) is 2. The highest BCUT2D eigenvalue weighted by Crippen LogP contribution is 2.06. The largest absolute Gasteiger partial charge is 0.447 e. The lowest BCUT2D eigenvalue weighted by molar-refractivity contribution is -0.130. The number of carbonyl (C=O) groups excluding carboxylic acids is 5. The van der Waals surface area contributed by atoms with E-state index < -0.39 is 48.5 Å². The summed E-state index contributed by atoms with van der Waals surface area (Å²) in [5, 5.41) is 18.8. The van der Waals surface area contributed by atoms with E-state index in [-0.39, 0.29) is 32.2 Å². The highest BCUT2D eigenvalue weighted by Gasteiger charge is 2.24. The second-order valence-electron chi connectivity index (χ2n) is 8.78. The first-order valence-electron chi connectivity index (χ1n) is 12.7. The summed E-state index contributed by atoms with van der Waals surface area (Å²) in [5.74, 6) is -1.81. The second-order valence-corrected chi connectivity index (χ2v) is 8.78. The molecule has 0 aliphatic rings. The molecule has 1 aromatic carbocycles. The summed E-state index contributed by atoms with van der Waals surface area (Å²) >= 11 is 0. The average molecular weight is 537 g/mol. The zero-order valence-electron chi connectivity index (χ0n) is 22.2. The van der Waals surface area contributed by atoms with Crippen LogP contribution < -0.4 is 21.3 Å². The van der Waals surface area contributed by atoms with Gasteiger partial charge in [-0.15, -0.1) is 0 Å². The van der Waals surface area contributed by atoms with Gasteiger partial charge in [-0.1, -0.05) is 50.6 Å². The highest BCUT2D eigenvalue weighted by molar-refractivity contribution is 5.92. The van der Waals surface area contributed by atoms with Gasteiger partial charge in [0.25, 0.3) is 0 Å². The smallest absolute Gasteiger partial charge is 0.407 e. The van der Waals surface area contributed by atoms with E-state index in [0.717, 1.165) is 5.56 Å². The van der Waals surface area contributed by atoms with E-state index in [1.54, 1.807) is 24.3 Å². The number of aldehydes is 1. The average Bonchev–Trinajstić information content (AvgIpc) is 2.91. The molecule has 0 radical (unpaired) electrons. The number of hydrogen-bond acceptors (Lipinski definition) is 8. The summed E-state index contributed by atoms with van der Waals surface area (Å²) < 4.78 is 10.2. The number of aliphatic hydroxyl groups is 1. The summed E-state index contributed by atoms with van der Waals surface area (Å²) in [6.45, 7) is 5.20. The Labute approximate surface area is 223 Å². The van der Waals surface area contributed by atoms with Crippen LogP contribution in [0, 0.1) is 5.92 Å². The molecule has 38 heavy (non-hydrogen) atoms. The number of carbonyl (C=O) groups is 5. The molecular formula is C26H40N4O8. The minimum absolute atomic E-state index is 0.000617. The van der Waals surface area contributed by atoms with Crippen molar-refractivity contribution < 1.29 is 38.6 Å². The fraction of sp³-hybridized carbons (Fsp3) is 0.577. The van der Waals surface area contributed by atoms with Crippen molar-refractivity contribution in [1.29, 1.82) is 0 Å². The Morgan fingerprint density at radius 3 is 2.32 bits per heavy atom. The van der Waals surface area contributed by atoms with E-state index >= 15 is 0 Å². The maximum atomic E-state index is 12.8. The molecule has 1 rings (SSSR count). The first-order chi connectivity index (χ1) is 18.2. The van der Waals surface area contributed by atoms with Crippen molar-refractivity contribution in [2.75, 3.05) is 33.0 Å². The van der Waals surface area contributed by atoms with Gasteiger partial charge in [0.05, 0.1) is 19.2 Å². The molecule has 0 aliphatic heterocycles. The Morgan fingerprint density at radius 1 is 0.974 bits per heavy atom. The van der Waals surface area contributed by atoms with Gasteiger partial charge in [-0.3, -0.25) is 14.4 Å². The second kappa shape index (κ2) is 18.7. The van der Waals surface area contributed by atoms with Crippen LogP contribution in [0.3, 0.4) is 0 Å². The molecular weight excluding hydrogens is 496 g/mol. The molecule has 212 valence electrons. The van der Waals surface area contributed by atoms with E-state index in [1.807, 2.05) is 19.9 Å². The molecule has 0 bridgehead atoms. The summed E-state index contributed by atoms with van der Waals surface area (Å²) in [7, 11) is 0. The number of alkyl carbamates (subject to hydrolysis) is 1. The summed E-state index contributed by atoms with van der Waals surface area (Å²) in [5.41, 5.74) is 0.779. The van der Waals surface area contributed by atoms with Crippen LogP contribution in [0.25, 0.3) is 0 Å². The van der Waals surface area contributed by atoms with Gasteiger partial charge in [-0.25, -0.2) is 4.79 Å². The molecule has 0 aliphatic carbocycles. The van der Waals surface area contributed by atoms with Crippen molar-refractivity contribution in [3.05, 3.63) is 35.9 Å². The van der Waals surface area contributed by atoms with Crippen LogP contribution in [0.4, 0.5) is 4.79 Å². The molecule has 0 aromatic heterocycles. The lowest BCUT2D eigenvalue weighted by atomic mass is 10.0. The van der Waals surface area contributed by atoms with Crippen molar-refractivity contribution in [2.45, 2.75) is 58.2 Å². The predicted octanol–water partition coefficient (Wildman–Crippen LogP) is 0.0736. The van der Waals surface area contributed by atoms with Gasteiger partial charge in [-0.2, -0.15) is 0 Å². The maximum Gasteiger partial charge on any atom is 0.407 e. The topological polar surface area (TPSA) is 172 Å². The quantitative estimate of drug-likeness (QED) is 0.130. The number of hydrogen-bond donors (Lipinski definition) is 5. The normalized spacial score (nSPS) is 13.8. The van der Waals surface area contributed by atoms with E-state index in [4.69, 9.17) is 14.6 Å². The Hall–Kier alpha value is -3.51. The fourth-order valence-electron chi connectivity index (χ4n) is 3.21. The molecule has 12 nitrogen and oxygen atoms in total. The highest BCUT2D eigenvalue weighted by atomic mass is 16.6. The van der Waals surface area contributed by atoms with Crippen molar-refractivity contribution in [3.8, 4) is 0 Å². The minimum Gasteiger partial charge on any atom is -0.447 e. The third-order valence-electron chi connectivity index (χ3n) is 5.71. The van der Waals surface area contributed by atoms with Crippen LogP contribution in [-0.4, -0.2) is 86.3 Å². The first-order valence-corrected chi connectivity index (χ1v) is 12.7. The van der Waals surface area contributed by atoms with Crippen molar-refractivity contribution in [1.82, 2.24) is 21.3 Å². The Bertz CT molecular complexity index is 883. The van der Waals surface area contributed by atoms with Crippen LogP contribution >= 0.6 is 0 Å². The van der Waals surface area contributed by atoms with Gasteiger partial charge in [0.1, 0.15) is 25.0 Å². The van der Waals surface area contributed by atoms with Gasteiger partial charge in [-0.05, 0) is 24.8 Å². The van der Waals surface area contributed by atoms with Crippen molar-refractivity contribution >= 4 is 30.1 Å². The molecule has 0 fully saturated rings. The summed E-state index contributed by atoms with van der Waals surface area (Å²) in [6, 6.07) is 6.37. The van der Waals surface area contributed by atoms with Crippen LogP contribution in [0.1, 0.15) is 39.2 Å². The monoisotopic (exact) mass is 536 g/mol. The summed E-state index contributed by atoms with van der Waals surface area (Å²) in [4.78, 5) is 61.0. The van der Waals surface area contributed by atoms with Crippen LogP contribution in [0.5, 0.6) is 0 Å². The number of rotatable bonds is 18.